The topological polar surface area (TPSA) is 84.3 Å². The highest BCUT2D eigenvalue weighted by Gasteiger charge is 2.21. The minimum absolute atomic E-state index is 0.374. The lowest BCUT2D eigenvalue weighted by Gasteiger charge is -2.13. The fraction of sp³-hybridized carbons (Fsp3) is 0.308. The molecule has 0 saturated carbocycles. The van der Waals surface area contributed by atoms with Gasteiger partial charge in [-0.2, -0.15) is 4.98 Å². The zero-order chi connectivity index (χ0) is 14.4. The van der Waals surface area contributed by atoms with Crippen LogP contribution in [-0.4, -0.2) is 27.7 Å². The molecule has 0 fully saturated rings. The monoisotopic (exact) mass is 293 g/mol. The molecule has 0 bridgehead atoms. The number of rotatable bonds is 7. The molecule has 0 radical (unpaired) electrons. The van der Waals surface area contributed by atoms with Gasteiger partial charge in [-0.15, -0.1) is 11.3 Å². The zero-order valence-electron chi connectivity index (χ0n) is 10.9. The second-order valence-corrected chi connectivity index (χ2v) is 5.00. The molecule has 106 valence electrons. The predicted octanol–water partition coefficient (Wildman–Crippen LogP) is 2.56. The van der Waals surface area contributed by atoms with Crippen LogP contribution >= 0.6 is 11.3 Å². The Labute approximate surface area is 120 Å². The van der Waals surface area contributed by atoms with E-state index < -0.39 is 12.0 Å². The molecule has 2 heterocycles. The number of hydrogen-bond acceptors (Lipinski definition) is 6. The van der Waals surface area contributed by atoms with E-state index in [1.165, 1.54) is 23.7 Å². The van der Waals surface area contributed by atoms with Crippen molar-refractivity contribution < 1.29 is 14.6 Å². The van der Waals surface area contributed by atoms with Crippen molar-refractivity contribution in [1.29, 1.82) is 0 Å². The number of hydrogen-bond donors (Lipinski definition) is 2. The van der Waals surface area contributed by atoms with Crippen molar-refractivity contribution in [2.24, 2.45) is 0 Å². The predicted molar refractivity (Wildman–Crippen MR) is 76.1 cm³/mol. The van der Waals surface area contributed by atoms with Crippen LogP contribution in [0, 0.1) is 0 Å². The van der Waals surface area contributed by atoms with E-state index in [0.29, 0.717) is 23.2 Å². The lowest BCUT2D eigenvalue weighted by Crippen LogP contribution is -2.20. The van der Waals surface area contributed by atoms with Crippen LogP contribution in [0.2, 0.25) is 0 Å². The third-order valence-electron chi connectivity index (χ3n) is 2.43. The van der Waals surface area contributed by atoms with Gasteiger partial charge in [-0.05, 0) is 17.9 Å². The number of carboxylic acid groups (broad SMARTS) is 1. The number of nitrogens with one attached hydrogen (secondary N) is 1. The van der Waals surface area contributed by atoms with Crippen LogP contribution in [-0.2, 0) is 4.79 Å². The van der Waals surface area contributed by atoms with E-state index in [1.54, 1.807) is 6.07 Å². The van der Waals surface area contributed by atoms with Gasteiger partial charge in [0.05, 0.1) is 19.0 Å². The van der Waals surface area contributed by atoms with Gasteiger partial charge < -0.3 is 15.2 Å². The van der Waals surface area contributed by atoms with Gasteiger partial charge in [-0.3, -0.25) is 4.98 Å². The number of ether oxygens (including phenoxy) is 1. The number of aliphatic carboxylic acids is 1. The molecule has 1 atom stereocenters. The first-order valence-corrected chi connectivity index (χ1v) is 7.06. The van der Waals surface area contributed by atoms with E-state index in [2.05, 4.69) is 15.3 Å². The quantitative estimate of drug-likeness (QED) is 0.816. The molecule has 7 heteroatoms. The zero-order valence-corrected chi connectivity index (χ0v) is 11.8. The van der Waals surface area contributed by atoms with Gasteiger partial charge in [-0.1, -0.05) is 13.0 Å². The molecule has 0 aliphatic heterocycles. The lowest BCUT2D eigenvalue weighted by atomic mass is 10.2. The van der Waals surface area contributed by atoms with Crippen LogP contribution in [0.25, 0.3) is 0 Å². The Kier molecular flexibility index (Phi) is 4.89. The van der Waals surface area contributed by atoms with Crippen molar-refractivity contribution in [1.82, 2.24) is 9.97 Å². The second kappa shape index (κ2) is 6.85. The van der Waals surface area contributed by atoms with Gasteiger partial charge >= 0.3 is 5.97 Å². The summed E-state index contributed by atoms with van der Waals surface area (Å²) in [5.41, 5.74) is 0. The highest BCUT2D eigenvalue weighted by atomic mass is 32.1. The number of nitrogens with zero attached hydrogens (tertiary/aromatic N) is 2. The van der Waals surface area contributed by atoms with E-state index in [-0.39, 0.29) is 0 Å². The Bertz CT molecular complexity index is 560. The summed E-state index contributed by atoms with van der Waals surface area (Å²) in [7, 11) is 0. The number of carboxylic acids is 1. The van der Waals surface area contributed by atoms with Gasteiger partial charge in [-0.25, -0.2) is 4.79 Å². The fourth-order valence-corrected chi connectivity index (χ4v) is 2.32. The first-order chi connectivity index (χ1) is 9.70. The minimum Gasteiger partial charge on any atom is -0.479 e. The van der Waals surface area contributed by atoms with Crippen LogP contribution in [0.15, 0.2) is 29.9 Å². The van der Waals surface area contributed by atoms with Crippen LogP contribution in [0.4, 0.5) is 5.82 Å². The first-order valence-electron chi connectivity index (χ1n) is 6.18. The fourth-order valence-electron chi connectivity index (χ4n) is 1.55. The molecule has 6 nitrogen and oxygen atoms in total. The van der Waals surface area contributed by atoms with Crippen molar-refractivity contribution in [2.75, 3.05) is 11.9 Å². The summed E-state index contributed by atoms with van der Waals surface area (Å²) in [4.78, 5) is 20.2. The van der Waals surface area contributed by atoms with Crippen molar-refractivity contribution >= 4 is 23.1 Å². The summed E-state index contributed by atoms with van der Waals surface area (Å²) in [5.74, 6) is -0.208. The molecule has 2 rings (SSSR count). The molecule has 0 aromatic carbocycles. The van der Waals surface area contributed by atoms with Crippen molar-refractivity contribution in [3.63, 3.8) is 0 Å². The van der Waals surface area contributed by atoms with E-state index >= 15 is 0 Å². The number of carbonyl (C=O) groups is 1. The average molecular weight is 293 g/mol. The molecule has 2 N–H and O–H groups in total. The Balaban J connectivity index is 2.13. The Morgan fingerprint density at radius 2 is 2.40 bits per heavy atom. The summed E-state index contributed by atoms with van der Waals surface area (Å²) < 4.78 is 5.37. The second-order valence-electron chi connectivity index (χ2n) is 4.02. The van der Waals surface area contributed by atoms with E-state index in [0.717, 1.165) is 6.42 Å². The lowest BCUT2D eigenvalue weighted by molar-refractivity contribution is -0.138. The Hall–Kier alpha value is -2.15. The number of anilines is 1. The highest BCUT2D eigenvalue weighted by molar-refractivity contribution is 7.10. The molecule has 2 aromatic rings. The molecule has 1 unspecified atom stereocenters. The molecule has 0 spiro atoms. The van der Waals surface area contributed by atoms with Gasteiger partial charge in [0.2, 0.25) is 5.88 Å². The molecule has 0 saturated heterocycles. The third-order valence-corrected chi connectivity index (χ3v) is 3.37. The van der Waals surface area contributed by atoms with Gasteiger partial charge in [0, 0.05) is 4.88 Å². The minimum atomic E-state index is -0.964. The van der Waals surface area contributed by atoms with E-state index in [4.69, 9.17) is 4.74 Å². The van der Waals surface area contributed by atoms with Gasteiger partial charge in [0.25, 0.3) is 0 Å². The molecule has 0 aliphatic carbocycles. The van der Waals surface area contributed by atoms with Crippen LogP contribution in [0.1, 0.15) is 24.3 Å². The number of thiophene rings is 1. The summed E-state index contributed by atoms with van der Waals surface area (Å²) in [6.07, 6.45) is 3.84. The van der Waals surface area contributed by atoms with E-state index in [9.17, 15) is 9.90 Å². The van der Waals surface area contributed by atoms with Crippen molar-refractivity contribution in [2.45, 2.75) is 19.4 Å². The SMILES string of the molecule is CCCOc1cncc(NC(C(=O)O)c2cccs2)n1. The maximum absolute atomic E-state index is 11.3. The highest BCUT2D eigenvalue weighted by Crippen LogP contribution is 2.23. The number of aromatic nitrogens is 2. The maximum Gasteiger partial charge on any atom is 0.331 e. The molecule has 0 aliphatic rings. The van der Waals surface area contributed by atoms with Crippen LogP contribution in [0.3, 0.4) is 0 Å². The molecule has 2 aromatic heterocycles. The van der Waals surface area contributed by atoms with Crippen LogP contribution < -0.4 is 10.1 Å². The van der Waals surface area contributed by atoms with Crippen molar-refractivity contribution in [3.8, 4) is 5.88 Å². The van der Waals surface area contributed by atoms with Crippen LogP contribution in [0.5, 0.6) is 5.88 Å². The molecular formula is C13H15N3O3S. The Morgan fingerprint density at radius 3 is 3.05 bits per heavy atom. The first kappa shape index (κ1) is 14.3. The summed E-state index contributed by atoms with van der Waals surface area (Å²) in [6, 6.07) is 2.73. The van der Waals surface area contributed by atoms with E-state index in [1.807, 2.05) is 18.4 Å². The van der Waals surface area contributed by atoms with Crippen molar-refractivity contribution in [3.05, 3.63) is 34.8 Å². The Morgan fingerprint density at radius 1 is 1.55 bits per heavy atom. The molecule has 20 heavy (non-hydrogen) atoms. The summed E-state index contributed by atoms with van der Waals surface area (Å²) in [5, 5.41) is 14.0. The average Bonchev–Trinajstić information content (AvgIpc) is 2.96. The molecular weight excluding hydrogens is 278 g/mol. The summed E-state index contributed by atoms with van der Waals surface area (Å²) >= 11 is 1.37. The maximum atomic E-state index is 11.3. The smallest absolute Gasteiger partial charge is 0.331 e. The largest absolute Gasteiger partial charge is 0.479 e. The normalized spacial score (nSPS) is 11.8. The van der Waals surface area contributed by atoms with Gasteiger partial charge in [0.1, 0.15) is 5.82 Å². The summed E-state index contributed by atoms with van der Waals surface area (Å²) in [6.45, 7) is 2.54. The van der Waals surface area contributed by atoms with Gasteiger partial charge in [0.15, 0.2) is 6.04 Å². The molecule has 0 amide bonds. The third kappa shape index (κ3) is 3.67. The standard InChI is InChI=1S/C13H15N3O3S/c1-2-5-19-11-8-14-7-10(15-11)16-12(13(17)18)9-4-3-6-20-9/h3-4,6-8,12H,2,5H2,1H3,(H,15,16)(H,17,18).